The molecular formula is C73H132O16P2. The van der Waals surface area contributed by atoms with Crippen LogP contribution in [-0.4, -0.2) is 95.9 Å². The number of carbonyl (C=O) groups is 3. The van der Waals surface area contributed by atoms with Crippen LogP contribution in [0.2, 0.25) is 0 Å². The Bertz CT molecular complexity index is 1950. The zero-order valence-electron chi connectivity index (χ0n) is 57.5. The van der Waals surface area contributed by atoms with Crippen LogP contribution in [0.1, 0.15) is 316 Å². The van der Waals surface area contributed by atoms with Gasteiger partial charge in [-0.25, -0.2) is 9.13 Å². The first-order chi connectivity index (χ1) is 44.2. The van der Waals surface area contributed by atoms with Crippen LogP contribution in [0.15, 0.2) is 72.9 Å². The molecule has 0 aliphatic heterocycles. The summed E-state index contributed by atoms with van der Waals surface area (Å²) in [5.74, 6) is -1.59. The number of rotatable bonds is 69. The molecule has 0 saturated heterocycles. The molecule has 91 heavy (non-hydrogen) atoms. The van der Waals surface area contributed by atoms with Crippen molar-refractivity contribution in [2.24, 2.45) is 0 Å². The fourth-order valence-electron chi connectivity index (χ4n) is 9.78. The van der Waals surface area contributed by atoms with Gasteiger partial charge in [0.05, 0.1) is 26.4 Å². The average molecular weight is 1330 g/mol. The lowest BCUT2D eigenvalue weighted by Crippen LogP contribution is -2.30. The van der Waals surface area contributed by atoms with Gasteiger partial charge < -0.3 is 34.2 Å². The smallest absolute Gasteiger partial charge is 0.463 e. The SMILES string of the molecule is CCCCC/C=C\C/C=C\C/C=C\C/C=C\CCCCCCCCCCCC(=O)OCC(O)COP(=O)(O)OCC(O)COP(=O)(O)OCC(COC(=O)CCCCCCC/C=C\CCCCCCCC)OC(=O)CCCCCCC/C=C\CCCCCCCC. The fourth-order valence-corrected chi connectivity index (χ4v) is 11.4. The van der Waals surface area contributed by atoms with E-state index in [1.807, 2.05) is 0 Å². The number of ether oxygens (including phenoxy) is 3. The molecule has 0 amide bonds. The van der Waals surface area contributed by atoms with E-state index in [4.69, 9.17) is 32.3 Å². The van der Waals surface area contributed by atoms with Gasteiger partial charge in [0.15, 0.2) is 6.10 Å². The van der Waals surface area contributed by atoms with Crippen molar-refractivity contribution in [3.05, 3.63) is 72.9 Å². The maximum atomic E-state index is 12.9. The fraction of sp³-hybridized carbons (Fsp3) is 0.795. The van der Waals surface area contributed by atoms with E-state index in [-0.39, 0.29) is 19.3 Å². The Morgan fingerprint density at radius 1 is 0.308 bits per heavy atom. The molecule has 0 rings (SSSR count). The molecule has 18 heteroatoms. The van der Waals surface area contributed by atoms with Crippen molar-refractivity contribution >= 4 is 33.6 Å². The summed E-state index contributed by atoms with van der Waals surface area (Å²) < 4.78 is 60.9. The van der Waals surface area contributed by atoms with Gasteiger partial charge in [0.1, 0.15) is 25.4 Å². The molecule has 0 radical (unpaired) electrons. The Morgan fingerprint density at radius 3 is 0.901 bits per heavy atom. The molecular weight excluding hydrogens is 1190 g/mol. The van der Waals surface area contributed by atoms with Gasteiger partial charge in [-0.1, -0.05) is 254 Å². The lowest BCUT2D eigenvalue weighted by molar-refractivity contribution is -0.161. The zero-order chi connectivity index (χ0) is 66.7. The number of phosphoric acid groups is 2. The van der Waals surface area contributed by atoms with Crippen LogP contribution in [0.5, 0.6) is 0 Å². The van der Waals surface area contributed by atoms with Crippen molar-refractivity contribution in [2.45, 2.75) is 334 Å². The number of aliphatic hydroxyl groups excluding tert-OH is 2. The number of esters is 3. The first-order valence-corrected chi connectivity index (χ1v) is 39.2. The molecule has 5 atom stereocenters. The van der Waals surface area contributed by atoms with E-state index < -0.39 is 91.5 Å². The third kappa shape index (κ3) is 68.2. The number of aliphatic hydroxyl groups is 2. The predicted molar refractivity (Wildman–Crippen MR) is 372 cm³/mol. The largest absolute Gasteiger partial charge is 0.472 e. The van der Waals surface area contributed by atoms with Crippen LogP contribution in [-0.2, 0) is 55.8 Å². The van der Waals surface area contributed by atoms with Gasteiger partial charge in [-0.3, -0.25) is 32.5 Å². The number of phosphoric ester groups is 2. The molecule has 0 bridgehead atoms. The molecule has 0 fully saturated rings. The summed E-state index contributed by atoms with van der Waals surface area (Å²) in [6.07, 6.45) is 70.9. The number of hydrogen-bond acceptors (Lipinski definition) is 14. The lowest BCUT2D eigenvalue weighted by Gasteiger charge is -2.21. The van der Waals surface area contributed by atoms with Crippen LogP contribution in [0, 0.1) is 0 Å². The molecule has 16 nitrogen and oxygen atoms in total. The first kappa shape index (κ1) is 88.0. The van der Waals surface area contributed by atoms with Crippen molar-refractivity contribution in [2.75, 3.05) is 39.6 Å². The van der Waals surface area contributed by atoms with Gasteiger partial charge in [0, 0.05) is 19.3 Å². The maximum absolute atomic E-state index is 12.9. The monoisotopic (exact) mass is 1330 g/mol. The van der Waals surface area contributed by atoms with E-state index in [1.165, 1.54) is 128 Å². The summed E-state index contributed by atoms with van der Waals surface area (Å²) in [7, 11) is -9.77. The summed E-state index contributed by atoms with van der Waals surface area (Å²) in [5, 5.41) is 20.6. The van der Waals surface area contributed by atoms with Crippen LogP contribution in [0.3, 0.4) is 0 Å². The molecule has 0 heterocycles. The molecule has 0 aromatic heterocycles. The molecule has 0 spiro atoms. The molecule has 0 aromatic carbocycles. The lowest BCUT2D eigenvalue weighted by atomic mass is 10.1. The number of allylic oxidation sites excluding steroid dienone is 12. The zero-order valence-corrected chi connectivity index (χ0v) is 59.3. The highest BCUT2D eigenvalue weighted by atomic mass is 31.2. The Hall–Kier alpha value is -3.01. The molecule has 0 saturated carbocycles. The van der Waals surface area contributed by atoms with Gasteiger partial charge in [0.2, 0.25) is 0 Å². The quantitative estimate of drug-likeness (QED) is 0.0146. The maximum Gasteiger partial charge on any atom is 0.472 e. The number of carbonyl (C=O) groups excluding carboxylic acids is 3. The van der Waals surface area contributed by atoms with E-state index in [9.17, 15) is 43.5 Å². The summed E-state index contributed by atoms with van der Waals surface area (Å²) in [6, 6.07) is 0. The van der Waals surface area contributed by atoms with Crippen molar-refractivity contribution in [1.82, 2.24) is 0 Å². The van der Waals surface area contributed by atoms with Crippen LogP contribution < -0.4 is 0 Å². The summed E-state index contributed by atoms with van der Waals surface area (Å²) in [4.78, 5) is 58.4. The van der Waals surface area contributed by atoms with E-state index in [0.29, 0.717) is 19.3 Å². The van der Waals surface area contributed by atoms with Gasteiger partial charge >= 0.3 is 33.6 Å². The van der Waals surface area contributed by atoms with Gasteiger partial charge in [-0.05, 0) is 116 Å². The minimum Gasteiger partial charge on any atom is -0.463 e. The van der Waals surface area contributed by atoms with Gasteiger partial charge in [0.25, 0.3) is 0 Å². The van der Waals surface area contributed by atoms with Gasteiger partial charge in [-0.2, -0.15) is 0 Å². The Morgan fingerprint density at radius 2 is 0.549 bits per heavy atom. The summed E-state index contributed by atoms with van der Waals surface area (Å²) >= 11 is 0. The van der Waals surface area contributed by atoms with Crippen LogP contribution in [0.4, 0.5) is 0 Å². The molecule has 0 aliphatic rings. The molecule has 530 valence electrons. The van der Waals surface area contributed by atoms with Crippen molar-refractivity contribution in [3.8, 4) is 0 Å². The van der Waals surface area contributed by atoms with Crippen molar-refractivity contribution in [1.29, 1.82) is 0 Å². The first-order valence-electron chi connectivity index (χ1n) is 36.2. The molecule has 5 unspecified atom stereocenters. The van der Waals surface area contributed by atoms with E-state index in [0.717, 1.165) is 128 Å². The van der Waals surface area contributed by atoms with Crippen molar-refractivity contribution in [3.63, 3.8) is 0 Å². The standard InChI is InChI=1S/C73H132O16P2/c1-4-7-10-13-16-19-22-25-28-29-30-31-32-33-34-35-36-37-40-42-44-47-50-53-56-59-71(76)83-62-68(74)63-85-90(79,80)86-64-69(75)65-87-91(81,82)88-67-70(89-73(78)61-58-55-52-49-46-43-39-27-24-21-18-15-12-9-6-3)66-84-72(77)60-57-54-51-48-45-41-38-26-23-20-17-14-11-8-5-2/h16,19,25-28,30-31,33-34,38-39,68-70,74-75H,4-15,17-18,20-24,29,32,35-37,40-67H2,1-3H3,(H,79,80)(H,81,82)/b19-16-,28-25-,31-30-,34-33-,38-26-,39-27-. The third-order valence-corrected chi connectivity index (χ3v) is 17.3. The Kier molecular flexibility index (Phi) is 64.8. The Labute approximate surface area is 553 Å². The van der Waals surface area contributed by atoms with Crippen LogP contribution in [0.25, 0.3) is 0 Å². The molecule has 0 aliphatic carbocycles. The highest BCUT2D eigenvalue weighted by Crippen LogP contribution is 2.45. The van der Waals surface area contributed by atoms with E-state index >= 15 is 0 Å². The second-order valence-corrected chi connectivity index (χ2v) is 27.3. The highest BCUT2D eigenvalue weighted by molar-refractivity contribution is 7.47. The molecule has 4 N–H and O–H groups in total. The summed E-state index contributed by atoms with van der Waals surface area (Å²) in [5.41, 5.74) is 0. The highest BCUT2D eigenvalue weighted by Gasteiger charge is 2.29. The second-order valence-electron chi connectivity index (χ2n) is 24.4. The molecule has 0 aromatic rings. The topological polar surface area (TPSA) is 231 Å². The normalized spacial score (nSPS) is 14.6. The number of hydrogen-bond donors (Lipinski definition) is 4. The average Bonchev–Trinajstić information content (AvgIpc) is 3.08. The van der Waals surface area contributed by atoms with Crippen molar-refractivity contribution < 1.29 is 75.8 Å². The van der Waals surface area contributed by atoms with Gasteiger partial charge in [-0.15, -0.1) is 0 Å². The Balaban J connectivity index is 4.55. The summed E-state index contributed by atoms with van der Waals surface area (Å²) in [6.45, 7) is 2.64. The van der Waals surface area contributed by atoms with E-state index in [1.54, 1.807) is 0 Å². The predicted octanol–water partition coefficient (Wildman–Crippen LogP) is 20.3. The third-order valence-electron chi connectivity index (χ3n) is 15.4. The minimum absolute atomic E-state index is 0.0956. The minimum atomic E-state index is -4.92. The number of unbranched alkanes of at least 4 members (excludes halogenated alkanes) is 34. The van der Waals surface area contributed by atoms with Crippen LogP contribution >= 0.6 is 15.6 Å². The second kappa shape index (κ2) is 67.0. The van der Waals surface area contributed by atoms with E-state index in [2.05, 4.69) is 93.7 Å².